The van der Waals surface area contributed by atoms with Crippen LogP contribution in [0.25, 0.3) is 0 Å². The molecule has 3 aromatic carbocycles. The van der Waals surface area contributed by atoms with Crippen molar-refractivity contribution in [1.82, 2.24) is 0 Å². The number of benzene rings is 3. The van der Waals surface area contributed by atoms with Crippen LogP contribution in [0, 0.1) is 0 Å². The van der Waals surface area contributed by atoms with Crippen molar-refractivity contribution in [3.8, 4) is 23.0 Å². The maximum Gasteiger partial charge on any atom is 0.343 e. The van der Waals surface area contributed by atoms with Gasteiger partial charge in [-0.1, -0.05) is 6.58 Å². The molecule has 3 aromatic rings. The molecule has 0 unspecified atom stereocenters. The fraction of sp³-hybridized carbons (Fsp3) is 0.194. The summed E-state index contributed by atoms with van der Waals surface area (Å²) in [4.78, 5) is 57.8. The number of hydrogen-bond donors (Lipinski definition) is 1. The van der Waals surface area contributed by atoms with E-state index in [1.807, 2.05) is 0 Å². The second-order valence-electron chi connectivity index (χ2n) is 8.48. The first kappa shape index (κ1) is 31.9. The summed E-state index contributed by atoms with van der Waals surface area (Å²) >= 11 is 0. The molecule has 0 spiro atoms. The zero-order chi connectivity index (χ0) is 31.0. The van der Waals surface area contributed by atoms with E-state index in [0.29, 0.717) is 11.5 Å². The predicted molar refractivity (Wildman–Crippen MR) is 149 cm³/mol. The number of esters is 4. The topological polar surface area (TPSA) is 161 Å². The Morgan fingerprint density at radius 1 is 0.581 bits per heavy atom. The fourth-order valence-corrected chi connectivity index (χ4v) is 3.24. The molecule has 12 heteroatoms. The minimum Gasteiger partial charge on any atom is -0.490 e. The summed E-state index contributed by atoms with van der Waals surface area (Å²) in [5.74, 6) is -2.10. The molecule has 0 radical (unpaired) electrons. The van der Waals surface area contributed by atoms with Gasteiger partial charge in [-0.05, 0) is 72.8 Å². The van der Waals surface area contributed by atoms with Gasteiger partial charge < -0.3 is 33.5 Å². The van der Waals surface area contributed by atoms with E-state index < -0.39 is 29.8 Å². The van der Waals surface area contributed by atoms with Crippen molar-refractivity contribution < 1.29 is 57.5 Å². The Bertz CT molecular complexity index is 1410. The number of aliphatic carboxylic acids is 1. The van der Waals surface area contributed by atoms with Crippen molar-refractivity contribution in [3.05, 3.63) is 96.6 Å². The second kappa shape index (κ2) is 16.6. The first-order valence-electron chi connectivity index (χ1n) is 12.9. The van der Waals surface area contributed by atoms with Crippen LogP contribution in [-0.4, -0.2) is 61.4 Å². The standard InChI is InChI=1S/C31H28O12/c1-2-28(34)40-19-17-38-23-7-3-21(4-8-23)30(36)42-25-11-13-26(14-12-25)43-31(37)22-5-9-24(10-6-22)39-18-20-41-29(35)16-15-27(32)33/h2-14H,1,15-20H2,(H,32,33). The third-order valence-electron chi connectivity index (χ3n) is 5.35. The van der Waals surface area contributed by atoms with Gasteiger partial charge in [0.2, 0.25) is 0 Å². The Balaban J connectivity index is 1.40. The van der Waals surface area contributed by atoms with Crippen molar-refractivity contribution in [1.29, 1.82) is 0 Å². The van der Waals surface area contributed by atoms with E-state index >= 15 is 0 Å². The van der Waals surface area contributed by atoms with E-state index in [1.54, 1.807) is 24.3 Å². The first-order valence-corrected chi connectivity index (χ1v) is 12.9. The van der Waals surface area contributed by atoms with Gasteiger partial charge in [0.25, 0.3) is 0 Å². The van der Waals surface area contributed by atoms with Crippen LogP contribution in [0.4, 0.5) is 0 Å². The highest BCUT2D eigenvalue weighted by Gasteiger charge is 2.12. The Labute approximate surface area is 246 Å². The van der Waals surface area contributed by atoms with Gasteiger partial charge in [-0.25, -0.2) is 14.4 Å². The lowest BCUT2D eigenvalue weighted by molar-refractivity contribution is -0.148. The molecule has 0 fully saturated rings. The van der Waals surface area contributed by atoms with Gasteiger partial charge in [0.1, 0.15) is 49.4 Å². The average molecular weight is 593 g/mol. The summed E-state index contributed by atoms with van der Waals surface area (Å²) in [5.41, 5.74) is 0.540. The van der Waals surface area contributed by atoms with Crippen LogP contribution >= 0.6 is 0 Å². The van der Waals surface area contributed by atoms with Crippen LogP contribution in [0.15, 0.2) is 85.5 Å². The molecule has 0 amide bonds. The SMILES string of the molecule is C=CC(=O)OCCOc1ccc(C(=O)Oc2ccc(OC(=O)c3ccc(OCCOC(=O)CCC(=O)O)cc3)cc2)cc1. The van der Waals surface area contributed by atoms with Crippen molar-refractivity contribution in [3.63, 3.8) is 0 Å². The fourth-order valence-electron chi connectivity index (χ4n) is 3.24. The largest absolute Gasteiger partial charge is 0.490 e. The summed E-state index contributed by atoms with van der Waals surface area (Å²) < 4.78 is 31.3. The molecule has 0 aliphatic carbocycles. The smallest absolute Gasteiger partial charge is 0.343 e. The van der Waals surface area contributed by atoms with E-state index in [2.05, 4.69) is 6.58 Å². The van der Waals surface area contributed by atoms with Gasteiger partial charge in [0.05, 0.1) is 24.0 Å². The molecule has 0 aromatic heterocycles. The van der Waals surface area contributed by atoms with Crippen molar-refractivity contribution in [2.45, 2.75) is 12.8 Å². The average Bonchev–Trinajstić information content (AvgIpc) is 3.01. The molecule has 43 heavy (non-hydrogen) atoms. The molecule has 0 atom stereocenters. The molecule has 224 valence electrons. The van der Waals surface area contributed by atoms with E-state index in [-0.39, 0.29) is 61.9 Å². The maximum atomic E-state index is 12.5. The van der Waals surface area contributed by atoms with Gasteiger partial charge in [0.15, 0.2) is 0 Å². The number of carbonyl (C=O) groups excluding carboxylic acids is 4. The summed E-state index contributed by atoms with van der Waals surface area (Å²) in [5, 5.41) is 8.55. The van der Waals surface area contributed by atoms with E-state index in [9.17, 15) is 24.0 Å². The molecule has 0 bridgehead atoms. The highest BCUT2D eigenvalue weighted by Crippen LogP contribution is 2.21. The number of rotatable bonds is 16. The van der Waals surface area contributed by atoms with Crippen molar-refractivity contribution in [2.24, 2.45) is 0 Å². The lowest BCUT2D eigenvalue weighted by atomic mass is 10.2. The number of carbonyl (C=O) groups is 5. The van der Waals surface area contributed by atoms with Crippen LogP contribution < -0.4 is 18.9 Å². The summed E-state index contributed by atoms with van der Waals surface area (Å²) in [6.07, 6.45) is 0.539. The Kier molecular flexibility index (Phi) is 12.3. The number of carboxylic acids is 1. The number of carboxylic acid groups (broad SMARTS) is 1. The van der Waals surface area contributed by atoms with Gasteiger partial charge in [-0.3, -0.25) is 9.59 Å². The van der Waals surface area contributed by atoms with Gasteiger partial charge in [-0.15, -0.1) is 0 Å². The van der Waals surface area contributed by atoms with Crippen molar-refractivity contribution in [2.75, 3.05) is 26.4 Å². The molecular weight excluding hydrogens is 564 g/mol. The maximum absolute atomic E-state index is 12.5. The minimum absolute atomic E-state index is 0.0488. The highest BCUT2D eigenvalue weighted by molar-refractivity contribution is 5.92. The van der Waals surface area contributed by atoms with E-state index in [0.717, 1.165) is 6.08 Å². The predicted octanol–water partition coefficient (Wildman–Crippen LogP) is 4.02. The monoisotopic (exact) mass is 592 g/mol. The molecule has 0 saturated carbocycles. The molecule has 0 heterocycles. The minimum atomic E-state index is -1.08. The molecule has 12 nitrogen and oxygen atoms in total. The Hall–Kier alpha value is -5.65. The van der Waals surface area contributed by atoms with Crippen LogP contribution in [-0.2, 0) is 23.9 Å². The zero-order valence-corrected chi connectivity index (χ0v) is 22.9. The first-order chi connectivity index (χ1) is 20.7. The Morgan fingerprint density at radius 3 is 1.42 bits per heavy atom. The molecule has 0 saturated heterocycles. The quantitative estimate of drug-likeness (QED) is 0.110. The summed E-state index contributed by atoms with van der Waals surface area (Å²) in [6, 6.07) is 18.2. The molecule has 1 N–H and O–H groups in total. The highest BCUT2D eigenvalue weighted by atomic mass is 16.6. The van der Waals surface area contributed by atoms with E-state index in [4.69, 9.17) is 33.5 Å². The number of hydrogen-bond acceptors (Lipinski definition) is 11. The van der Waals surface area contributed by atoms with Gasteiger partial charge in [0, 0.05) is 6.08 Å². The lowest BCUT2D eigenvalue weighted by Crippen LogP contribution is -2.13. The second-order valence-corrected chi connectivity index (χ2v) is 8.48. The molecular formula is C31H28O12. The zero-order valence-electron chi connectivity index (χ0n) is 22.9. The summed E-state index contributed by atoms with van der Waals surface area (Å²) in [7, 11) is 0. The van der Waals surface area contributed by atoms with Crippen molar-refractivity contribution >= 4 is 29.8 Å². The third-order valence-corrected chi connectivity index (χ3v) is 5.35. The van der Waals surface area contributed by atoms with Crippen LogP contribution in [0.1, 0.15) is 33.6 Å². The molecule has 0 aliphatic heterocycles. The van der Waals surface area contributed by atoms with Gasteiger partial charge >= 0.3 is 29.8 Å². The summed E-state index contributed by atoms with van der Waals surface area (Å²) in [6.45, 7) is 3.50. The van der Waals surface area contributed by atoms with Crippen LogP contribution in [0.3, 0.4) is 0 Å². The molecule has 0 aliphatic rings. The van der Waals surface area contributed by atoms with Crippen LogP contribution in [0.2, 0.25) is 0 Å². The van der Waals surface area contributed by atoms with Gasteiger partial charge in [-0.2, -0.15) is 0 Å². The van der Waals surface area contributed by atoms with E-state index in [1.165, 1.54) is 48.5 Å². The van der Waals surface area contributed by atoms with Crippen LogP contribution in [0.5, 0.6) is 23.0 Å². The number of ether oxygens (including phenoxy) is 6. The third kappa shape index (κ3) is 11.4. The lowest BCUT2D eigenvalue weighted by Gasteiger charge is -2.09. The molecule has 3 rings (SSSR count). The Morgan fingerprint density at radius 2 is 1.00 bits per heavy atom. The normalized spacial score (nSPS) is 10.1.